The van der Waals surface area contributed by atoms with Crippen LogP contribution in [0.4, 0.5) is 13.2 Å². The van der Waals surface area contributed by atoms with Crippen LogP contribution in [0.5, 0.6) is 0 Å². The van der Waals surface area contributed by atoms with Gasteiger partial charge in [0.2, 0.25) is 0 Å². The molecule has 5 heteroatoms. The van der Waals surface area contributed by atoms with Crippen LogP contribution in [0, 0.1) is 5.92 Å². The van der Waals surface area contributed by atoms with Crippen LogP contribution < -0.4 is 0 Å². The summed E-state index contributed by atoms with van der Waals surface area (Å²) >= 11 is 0. The molecule has 0 fully saturated rings. The Morgan fingerprint density at radius 2 is 1.53 bits per heavy atom. The summed E-state index contributed by atoms with van der Waals surface area (Å²) in [7, 11) is 0. The standard InChI is InChI=1S/C10H13F3O2/c1-5(2)10(14)15-9(7(4)12)8(13)6(3)11/h5H,1-4H3/b8-6-,9-7-. The maximum Gasteiger partial charge on any atom is 0.313 e. The van der Waals surface area contributed by atoms with E-state index in [2.05, 4.69) is 4.74 Å². The molecule has 0 spiro atoms. The van der Waals surface area contributed by atoms with Crippen molar-refractivity contribution in [1.29, 1.82) is 0 Å². The van der Waals surface area contributed by atoms with Gasteiger partial charge in [0.1, 0.15) is 11.7 Å². The van der Waals surface area contributed by atoms with Crippen molar-refractivity contribution in [3.8, 4) is 0 Å². The Hall–Kier alpha value is -1.26. The maximum absolute atomic E-state index is 13.0. The van der Waals surface area contributed by atoms with Gasteiger partial charge in [-0.25, -0.2) is 8.78 Å². The van der Waals surface area contributed by atoms with E-state index in [1.165, 1.54) is 13.8 Å². The minimum atomic E-state index is -1.50. The SMILES string of the molecule is C/C(F)=C(F)\C(OC(=O)C(C)C)=C(/C)F. The lowest BCUT2D eigenvalue weighted by atomic mass is 10.2. The molecular formula is C10H13F3O2. The molecule has 0 radical (unpaired) electrons. The largest absolute Gasteiger partial charge is 0.420 e. The number of rotatable bonds is 3. The molecule has 0 aromatic carbocycles. The summed E-state index contributed by atoms with van der Waals surface area (Å²) in [5, 5.41) is 0. The van der Waals surface area contributed by atoms with E-state index in [1.807, 2.05) is 0 Å². The van der Waals surface area contributed by atoms with Crippen molar-refractivity contribution >= 4 is 5.97 Å². The van der Waals surface area contributed by atoms with Gasteiger partial charge in [0.25, 0.3) is 0 Å². The van der Waals surface area contributed by atoms with Crippen molar-refractivity contribution in [2.75, 3.05) is 0 Å². The molecule has 0 heterocycles. The number of hydrogen-bond donors (Lipinski definition) is 0. The van der Waals surface area contributed by atoms with E-state index in [4.69, 9.17) is 0 Å². The Kier molecular flexibility index (Phi) is 5.11. The minimum absolute atomic E-state index is 0.549. The van der Waals surface area contributed by atoms with E-state index >= 15 is 0 Å². The molecular weight excluding hydrogens is 209 g/mol. The second-order valence-corrected chi connectivity index (χ2v) is 3.29. The summed E-state index contributed by atoms with van der Waals surface area (Å²) in [4.78, 5) is 11.0. The summed E-state index contributed by atoms with van der Waals surface area (Å²) in [6.07, 6.45) is 0. The van der Waals surface area contributed by atoms with Crippen LogP contribution in [0.15, 0.2) is 23.2 Å². The van der Waals surface area contributed by atoms with Crippen LogP contribution in [-0.4, -0.2) is 5.97 Å². The third kappa shape index (κ3) is 4.18. The number of esters is 1. The van der Waals surface area contributed by atoms with E-state index < -0.39 is 35.1 Å². The van der Waals surface area contributed by atoms with Crippen LogP contribution in [0.25, 0.3) is 0 Å². The van der Waals surface area contributed by atoms with Gasteiger partial charge in [0.05, 0.1) is 5.92 Å². The number of allylic oxidation sites excluding steroid dienone is 3. The van der Waals surface area contributed by atoms with Crippen molar-refractivity contribution in [2.24, 2.45) is 5.92 Å². The second kappa shape index (κ2) is 5.58. The Balaban J connectivity index is 5.00. The van der Waals surface area contributed by atoms with Crippen molar-refractivity contribution in [3.05, 3.63) is 23.2 Å². The molecule has 0 rings (SSSR count). The lowest BCUT2D eigenvalue weighted by molar-refractivity contribution is -0.143. The van der Waals surface area contributed by atoms with Gasteiger partial charge in [0.15, 0.2) is 11.6 Å². The van der Waals surface area contributed by atoms with Gasteiger partial charge in [-0.15, -0.1) is 0 Å². The van der Waals surface area contributed by atoms with Crippen molar-refractivity contribution in [3.63, 3.8) is 0 Å². The molecule has 0 aliphatic rings. The highest BCUT2D eigenvalue weighted by molar-refractivity contribution is 5.73. The summed E-state index contributed by atoms with van der Waals surface area (Å²) in [6.45, 7) is 4.68. The van der Waals surface area contributed by atoms with E-state index in [1.54, 1.807) is 0 Å². The monoisotopic (exact) mass is 222 g/mol. The van der Waals surface area contributed by atoms with E-state index in [0.717, 1.165) is 13.8 Å². The maximum atomic E-state index is 13.0. The highest BCUT2D eigenvalue weighted by Crippen LogP contribution is 2.23. The van der Waals surface area contributed by atoms with Crippen molar-refractivity contribution < 1.29 is 22.7 Å². The molecule has 0 N–H and O–H groups in total. The van der Waals surface area contributed by atoms with Gasteiger partial charge in [-0.05, 0) is 13.8 Å². The van der Waals surface area contributed by atoms with Gasteiger partial charge < -0.3 is 4.74 Å². The van der Waals surface area contributed by atoms with E-state index in [0.29, 0.717) is 0 Å². The Morgan fingerprint density at radius 1 is 1.07 bits per heavy atom. The van der Waals surface area contributed by atoms with Crippen LogP contribution >= 0.6 is 0 Å². The predicted molar refractivity (Wildman–Crippen MR) is 49.7 cm³/mol. The first kappa shape index (κ1) is 13.7. The minimum Gasteiger partial charge on any atom is -0.420 e. The van der Waals surface area contributed by atoms with Crippen LogP contribution in [0.1, 0.15) is 27.7 Å². The summed E-state index contributed by atoms with van der Waals surface area (Å²) in [6, 6.07) is 0. The number of hydrogen-bond acceptors (Lipinski definition) is 2. The molecule has 0 unspecified atom stereocenters. The topological polar surface area (TPSA) is 26.3 Å². The fourth-order valence-corrected chi connectivity index (χ4v) is 0.641. The van der Waals surface area contributed by atoms with Crippen molar-refractivity contribution in [2.45, 2.75) is 27.7 Å². The molecule has 0 amide bonds. The molecule has 0 atom stereocenters. The Labute approximate surface area is 86.4 Å². The molecule has 86 valence electrons. The van der Waals surface area contributed by atoms with Crippen molar-refractivity contribution in [1.82, 2.24) is 0 Å². The molecule has 0 aromatic heterocycles. The lowest BCUT2D eigenvalue weighted by Crippen LogP contribution is -2.12. The number of halogens is 3. The molecule has 0 saturated carbocycles. The third-order valence-corrected chi connectivity index (χ3v) is 1.49. The fraction of sp³-hybridized carbons (Fsp3) is 0.500. The summed E-state index contributed by atoms with van der Waals surface area (Å²) in [5.41, 5.74) is 0. The molecule has 0 aliphatic carbocycles. The molecule has 2 nitrogen and oxygen atoms in total. The molecule has 15 heavy (non-hydrogen) atoms. The Bertz CT molecular complexity index is 309. The molecule has 0 bridgehead atoms. The zero-order valence-corrected chi connectivity index (χ0v) is 9.03. The smallest absolute Gasteiger partial charge is 0.313 e. The first-order valence-corrected chi connectivity index (χ1v) is 4.37. The predicted octanol–water partition coefficient (Wildman–Crippen LogP) is 3.56. The number of carbonyl (C=O) groups is 1. The van der Waals surface area contributed by atoms with Gasteiger partial charge in [-0.1, -0.05) is 13.8 Å². The van der Waals surface area contributed by atoms with E-state index in [9.17, 15) is 18.0 Å². The molecule has 0 aliphatic heterocycles. The highest BCUT2D eigenvalue weighted by Gasteiger charge is 2.20. The quantitative estimate of drug-likeness (QED) is 0.414. The number of carbonyl (C=O) groups excluding carboxylic acids is 1. The van der Waals surface area contributed by atoms with Crippen LogP contribution in [-0.2, 0) is 9.53 Å². The normalized spacial score (nSPS) is 14.7. The number of ether oxygens (including phenoxy) is 1. The first-order chi connectivity index (χ1) is 6.77. The summed E-state index contributed by atoms with van der Waals surface area (Å²) < 4.78 is 42.6. The second-order valence-electron chi connectivity index (χ2n) is 3.29. The zero-order chi connectivity index (χ0) is 12.2. The Morgan fingerprint density at radius 3 is 1.80 bits per heavy atom. The third-order valence-electron chi connectivity index (χ3n) is 1.49. The first-order valence-electron chi connectivity index (χ1n) is 4.37. The van der Waals surface area contributed by atoms with Gasteiger partial charge >= 0.3 is 5.97 Å². The fourth-order valence-electron chi connectivity index (χ4n) is 0.641. The molecule has 0 saturated heterocycles. The van der Waals surface area contributed by atoms with E-state index in [-0.39, 0.29) is 0 Å². The van der Waals surface area contributed by atoms with Gasteiger partial charge in [-0.2, -0.15) is 4.39 Å². The van der Waals surface area contributed by atoms with Gasteiger partial charge in [0, 0.05) is 0 Å². The van der Waals surface area contributed by atoms with Gasteiger partial charge in [-0.3, -0.25) is 4.79 Å². The van der Waals surface area contributed by atoms with Crippen LogP contribution in [0.2, 0.25) is 0 Å². The van der Waals surface area contributed by atoms with Crippen LogP contribution in [0.3, 0.4) is 0 Å². The lowest BCUT2D eigenvalue weighted by Gasteiger charge is -2.09. The summed E-state index contributed by atoms with van der Waals surface area (Å²) in [5.74, 6) is -6.18. The highest BCUT2D eigenvalue weighted by atomic mass is 19.2. The average molecular weight is 222 g/mol. The molecule has 0 aromatic rings. The zero-order valence-electron chi connectivity index (χ0n) is 9.03. The average Bonchev–Trinajstić information content (AvgIpc) is 2.11.